The zero-order chi connectivity index (χ0) is 28.5. The largest absolute Gasteiger partial charge is 0.374 e. The normalized spacial score (nSPS) is 14.9. The van der Waals surface area contributed by atoms with Gasteiger partial charge in [-0.3, -0.25) is 14.4 Å². The van der Waals surface area contributed by atoms with Gasteiger partial charge in [0.1, 0.15) is 12.6 Å². The van der Waals surface area contributed by atoms with Crippen molar-refractivity contribution < 1.29 is 19.1 Å². The lowest BCUT2D eigenvalue weighted by atomic mass is 9.89. The Balaban J connectivity index is 1.30. The van der Waals surface area contributed by atoms with E-state index in [2.05, 4.69) is 39.9 Å². The average Bonchev–Trinajstić information content (AvgIpc) is 3.39. The van der Waals surface area contributed by atoms with Crippen molar-refractivity contribution in [2.75, 3.05) is 25.0 Å². The number of hydrogen-bond donors (Lipinski definition) is 3. The van der Waals surface area contributed by atoms with Crippen molar-refractivity contribution in [3.05, 3.63) is 84.3 Å². The molecule has 3 amide bonds. The maximum absolute atomic E-state index is 13.1. The predicted molar refractivity (Wildman–Crippen MR) is 152 cm³/mol. The summed E-state index contributed by atoms with van der Waals surface area (Å²) in [5.41, 5.74) is 7.00. The second-order valence-corrected chi connectivity index (χ2v) is 10.7. The summed E-state index contributed by atoms with van der Waals surface area (Å²) in [5.74, 6) is -0.232. The molecule has 4 rings (SSSR count). The van der Waals surface area contributed by atoms with E-state index in [1.165, 1.54) is 11.9 Å². The van der Waals surface area contributed by atoms with E-state index in [-0.39, 0.29) is 31.5 Å². The van der Waals surface area contributed by atoms with Gasteiger partial charge in [-0.15, -0.1) is 0 Å². The Hall–Kier alpha value is -4.02. The van der Waals surface area contributed by atoms with Gasteiger partial charge in [-0.1, -0.05) is 60.7 Å². The van der Waals surface area contributed by atoms with E-state index < -0.39 is 23.4 Å². The number of amides is 3. The maximum Gasteiger partial charge on any atom is 0.250 e. The predicted octanol–water partition coefficient (Wildman–Crippen LogP) is 2.67. The van der Waals surface area contributed by atoms with E-state index in [1.54, 1.807) is 24.6 Å². The van der Waals surface area contributed by atoms with Crippen LogP contribution in [0, 0.1) is 0 Å². The summed E-state index contributed by atoms with van der Waals surface area (Å²) in [4.78, 5) is 44.6. The Morgan fingerprint density at radius 1 is 1.05 bits per heavy atom. The zero-order valence-corrected chi connectivity index (χ0v) is 23.1. The van der Waals surface area contributed by atoms with Crippen LogP contribution in [0.4, 0.5) is 5.82 Å². The van der Waals surface area contributed by atoms with Crippen molar-refractivity contribution in [2.45, 2.75) is 57.3 Å². The summed E-state index contributed by atoms with van der Waals surface area (Å²) in [5, 5.41) is 5.38. The van der Waals surface area contributed by atoms with E-state index in [9.17, 15) is 14.4 Å². The number of imidazole rings is 1. The second kappa shape index (κ2) is 13.4. The van der Waals surface area contributed by atoms with Crippen LogP contribution < -0.4 is 16.4 Å². The molecule has 1 unspecified atom stereocenters. The fourth-order valence-corrected chi connectivity index (χ4v) is 4.56. The molecule has 1 aliphatic heterocycles. The van der Waals surface area contributed by atoms with Crippen molar-refractivity contribution in [1.82, 2.24) is 19.8 Å². The smallest absolute Gasteiger partial charge is 0.250 e. The molecule has 1 aromatic heterocycles. The molecular weight excluding hydrogens is 508 g/mol. The Bertz CT molecular complexity index is 1260. The maximum atomic E-state index is 13.1. The third-order valence-corrected chi connectivity index (χ3v) is 6.92. The number of nitrogens with zero attached hydrogens (tertiary/aromatic N) is 3. The number of carbonyl (C=O) groups excluding carboxylic acids is 3. The van der Waals surface area contributed by atoms with Crippen LogP contribution in [0.3, 0.4) is 0 Å². The van der Waals surface area contributed by atoms with Gasteiger partial charge in [0.05, 0.1) is 25.1 Å². The molecule has 40 heavy (non-hydrogen) atoms. The van der Waals surface area contributed by atoms with Crippen LogP contribution in [0.2, 0.25) is 0 Å². The number of piperidine rings is 1. The molecule has 2 aromatic carbocycles. The molecule has 1 fully saturated rings. The van der Waals surface area contributed by atoms with Crippen LogP contribution in [0.25, 0.3) is 0 Å². The Kier molecular flexibility index (Phi) is 9.68. The van der Waals surface area contributed by atoms with Gasteiger partial charge in [0, 0.05) is 19.3 Å². The third kappa shape index (κ3) is 8.24. The molecule has 4 N–H and O–H groups in total. The summed E-state index contributed by atoms with van der Waals surface area (Å²) in [6.45, 7) is 4.89. The van der Waals surface area contributed by atoms with E-state index in [0.29, 0.717) is 19.0 Å². The third-order valence-electron chi connectivity index (χ3n) is 6.92. The van der Waals surface area contributed by atoms with Crippen LogP contribution in [0.1, 0.15) is 43.7 Å². The lowest BCUT2D eigenvalue weighted by Crippen LogP contribution is -2.56. The number of benzene rings is 2. The fourth-order valence-electron chi connectivity index (χ4n) is 4.56. The van der Waals surface area contributed by atoms with Crippen LogP contribution in [0.15, 0.2) is 73.2 Å². The van der Waals surface area contributed by atoms with Gasteiger partial charge in [-0.05, 0) is 43.7 Å². The SMILES string of the molecule is CC(C)(N)C(=O)NC(COCc1ccccc1)C(=O)Nc1cn(CC(=O)N2CCC(c3ccccc3)CC2)cn1. The molecule has 1 atom stereocenters. The number of nitrogens with one attached hydrogen (secondary N) is 2. The highest BCUT2D eigenvalue weighted by Gasteiger charge is 2.29. The number of nitrogens with two attached hydrogens (primary N) is 1. The minimum atomic E-state index is -1.17. The summed E-state index contributed by atoms with van der Waals surface area (Å²) >= 11 is 0. The molecule has 0 bridgehead atoms. The van der Waals surface area contributed by atoms with Crippen molar-refractivity contribution in [1.29, 1.82) is 0 Å². The fraction of sp³-hybridized carbons (Fsp3) is 0.400. The highest BCUT2D eigenvalue weighted by molar-refractivity contribution is 5.98. The van der Waals surface area contributed by atoms with E-state index in [4.69, 9.17) is 10.5 Å². The number of likely N-dealkylation sites (tertiary alicyclic amines) is 1. The van der Waals surface area contributed by atoms with Crippen LogP contribution in [0.5, 0.6) is 0 Å². The molecule has 0 spiro atoms. The minimum Gasteiger partial charge on any atom is -0.374 e. The molecule has 1 saturated heterocycles. The van der Waals surface area contributed by atoms with E-state index in [0.717, 1.165) is 18.4 Å². The van der Waals surface area contributed by atoms with Crippen molar-refractivity contribution in [3.8, 4) is 0 Å². The number of carbonyl (C=O) groups is 3. The minimum absolute atomic E-state index is 0.00594. The molecular formula is C30H38N6O4. The average molecular weight is 547 g/mol. The Morgan fingerprint density at radius 2 is 1.70 bits per heavy atom. The van der Waals surface area contributed by atoms with Crippen molar-refractivity contribution >= 4 is 23.5 Å². The topological polar surface area (TPSA) is 132 Å². The van der Waals surface area contributed by atoms with Crippen molar-refractivity contribution in [2.24, 2.45) is 5.73 Å². The molecule has 10 nitrogen and oxygen atoms in total. The lowest BCUT2D eigenvalue weighted by Gasteiger charge is -2.32. The van der Waals surface area contributed by atoms with E-state index in [1.807, 2.05) is 41.3 Å². The quantitative estimate of drug-likeness (QED) is 0.339. The van der Waals surface area contributed by atoms with E-state index >= 15 is 0 Å². The number of aromatic nitrogens is 2. The molecule has 0 radical (unpaired) electrons. The number of anilines is 1. The number of rotatable bonds is 11. The summed E-state index contributed by atoms with van der Waals surface area (Å²) in [7, 11) is 0. The summed E-state index contributed by atoms with van der Waals surface area (Å²) in [6, 6.07) is 18.9. The first kappa shape index (κ1) is 29.0. The van der Waals surface area contributed by atoms with Crippen LogP contribution >= 0.6 is 0 Å². The molecule has 1 aliphatic rings. The Morgan fingerprint density at radius 3 is 2.35 bits per heavy atom. The van der Waals surface area contributed by atoms with Gasteiger partial charge in [-0.2, -0.15) is 0 Å². The molecule has 0 saturated carbocycles. The van der Waals surface area contributed by atoms with Gasteiger partial charge < -0.3 is 30.6 Å². The monoisotopic (exact) mass is 546 g/mol. The molecule has 212 valence electrons. The first-order valence-electron chi connectivity index (χ1n) is 13.6. The first-order chi connectivity index (χ1) is 19.2. The lowest BCUT2D eigenvalue weighted by molar-refractivity contribution is -0.133. The highest BCUT2D eigenvalue weighted by atomic mass is 16.5. The van der Waals surface area contributed by atoms with Crippen LogP contribution in [-0.4, -0.2) is 63.4 Å². The second-order valence-electron chi connectivity index (χ2n) is 10.7. The molecule has 0 aliphatic carbocycles. The number of hydrogen-bond acceptors (Lipinski definition) is 6. The van der Waals surface area contributed by atoms with Gasteiger partial charge in [0.25, 0.3) is 5.91 Å². The first-order valence-corrected chi connectivity index (χ1v) is 13.6. The molecule has 10 heteroatoms. The highest BCUT2D eigenvalue weighted by Crippen LogP contribution is 2.27. The summed E-state index contributed by atoms with van der Waals surface area (Å²) in [6.07, 6.45) is 4.97. The van der Waals surface area contributed by atoms with Gasteiger partial charge >= 0.3 is 0 Å². The van der Waals surface area contributed by atoms with Gasteiger partial charge in [0.15, 0.2) is 5.82 Å². The summed E-state index contributed by atoms with van der Waals surface area (Å²) < 4.78 is 7.37. The molecule has 3 aromatic rings. The van der Waals surface area contributed by atoms with Gasteiger partial charge in [-0.25, -0.2) is 4.98 Å². The molecule has 2 heterocycles. The van der Waals surface area contributed by atoms with Gasteiger partial charge in [0.2, 0.25) is 11.8 Å². The standard InChI is InChI=1S/C30H38N6O4/c1-30(2,31)29(39)33-25(20-40-19-22-9-5-3-6-10-22)28(38)34-26-17-35(21-32-26)18-27(37)36-15-13-24(14-16-36)23-11-7-4-8-12-23/h3-12,17,21,24-25H,13-16,18-20,31H2,1-2H3,(H,33,39)(H,34,38). The zero-order valence-electron chi connectivity index (χ0n) is 23.1. The number of ether oxygens (including phenoxy) is 1. The van der Waals surface area contributed by atoms with Crippen molar-refractivity contribution in [3.63, 3.8) is 0 Å². The van der Waals surface area contributed by atoms with Crippen LogP contribution in [-0.2, 0) is 32.3 Å². The Labute approximate surface area is 234 Å².